The van der Waals surface area contributed by atoms with Crippen molar-refractivity contribution in [3.63, 3.8) is 0 Å². The third-order valence-corrected chi connectivity index (χ3v) is 4.03. The minimum atomic E-state index is 0.644. The Morgan fingerprint density at radius 2 is 2.16 bits per heavy atom. The van der Waals surface area contributed by atoms with Crippen molar-refractivity contribution in [3.8, 4) is 0 Å². The highest BCUT2D eigenvalue weighted by Gasteiger charge is 2.15. The molecule has 1 saturated heterocycles. The fraction of sp³-hybridized carbons (Fsp3) is 0.625. The van der Waals surface area contributed by atoms with Crippen molar-refractivity contribution in [2.24, 2.45) is 0 Å². The lowest BCUT2D eigenvalue weighted by Crippen LogP contribution is -2.49. The molecular formula is C16H27N3. The standard InChI is InChI=1S/C16H27N3/c1-13-4-5-15(10-14(13)2)11-17-7-6-16-12-19(3)9-8-18-16/h4-5,10,16-18H,6-9,11-12H2,1-3H3. The van der Waals surface area contributed by atoms with Gasteiger partial charge in [-0.2, -0.15) is 0 Å². The van der Waals surface area contributed by atoms with Gasteiger partial charge in [-0.3, -0.25) is 0 Å². The molecule has 0 aliphatic carbocycles. The zero-order chi connectivity index (χ0) is 13.7. The molecule has 1 fully saturated rings. The Balaban J connectivity index is 1.67. The Hall–Kier alpha value is -0.900. The number of nitrogens with zero attached hydrogens (tertiary/aromatic N) is 1. The van der Waals surface area contributed by atoms with E-state index in [1.165, 1.54) is 36.2 Å². The van der Waals surface area contributed by atoms with E-state index in [4.69, 9.17) is 0 Å². The highest BCUT2D eigenvalue weighted by Crippen LogP contribution is 2.09. The fourth-order valence-electron chi connectivity index (χ4n) is 2.61. The van der Waals surface area contributed by atoms with Crippen molar-refractivity contribution in [3.05, 3.63) is 34.9 Å². The van der Waals surface area contributed by atoms with Crippen molar-refractivity contribution < 1.29 is 0 Å². The first-order chi connectivity index (χ1) is 9.15. The molecule has 1 aromatic rings. The number of piperazine rings is 1. The van der Waals surface area contributed by atoms with Crippen molar-refractivity contribution in [1.82, 2.24) is 15.5 Å². The zero-order valence-electron chi connectivity index (χ0n) is 12.5. The molecule has 106 valence electrons. The second kappa shape index (κ2) is 7.04. The van der Waals surface area contributed by atoms with Gasteiger partial charge in [0.2, 0.25) is 0 Å². The molecule has 19 heavy (non-hydrogen) atoms. The second-order valence-electron chi connectivity index (χ2n) is 5.80. The van der Waals surface area contributed by atoms with Gasteiger partial charge >= 0.3 is 0 Å². The fourth-order valence-corrected chi connectivity index (χ4v) is 2.61. The summed E-state index contributed by atoms with van der Waals surface area (Å²) >= 11 is 0. The molecule has 0 spiro atoms. The number of nitrogens with one attached hydrogen (secondary N) is 2. The van der Waals surface area contributed by atoms with Gasteiger partial charge < -0.3 is 15.5 Å². The topological polar surface area (TPSA) is 27.3 Å². The van der Waals surface area contributed by atoms with Crippen LogP contribution in [0.3, 0.4) is 0 Å². The van der Waals surface area contributed by atoms with E-state index in [1.54, 1.807) is 0 Å². The zero-order valence-corrected chi connectivity index (χ0v) is 12.5. The molecule has 1 aliphatic rings. The van der Waals surface area contributed by atoms with E-state index >= 15 is 0 Å². The summed E-state index contributed by atoms with van der Waals surface area (Å²) in [5.74, 6) is 0. The summed E-state index contributed by atoms with van der Waals surface area (Å²) in [4.78, 5) is 2.41. The number of hydrogen-bond acceptors (Lipinski definition) is 3. The van der Waals surface area contributed by atoms with Crippen LogP contribution in [0.4, 0.5) is 0 Å². The number of rotatable bonds is 5. The molecule has 1 unspecified atom stereocenters. The average molecular weight is 261 g/mol. The maximum absolute atomic E-state index is 3.58. The first kappa shape index (κ1) is 14.5. The average Bonchev–Trinajstić information content (AvgIpc) is 2.39. The van der Waals surface area contributed by atoms with E-state index in [9.17, 15) is 0 Å². The van der Waals surface area contributed by atoms with Gasteiger partial charge in [0.05, 0.1) is 0 Å². The van der Waals surface area contributed by atoms with Crippen LogP contribution < -0.4 is 10.6 Å². The quantitative estimate of drug-likeness (QED) is 0.790. The predicted molar refractivity (Wildman–Crippen MR) is 81.5 cm³/mol. The first-order valence-corrected chi connectivity index (χ1v) is 7.34. The number of aryl methyl sites for hydroxylation is 2. The summed E-state index contributed by atoms with van der Waals surface area (Å²) in [6.45, 7) is 9.87. The summed E-state index contributed by atoms with van der Waals surface area (Å²) in [5.41, 5.74) is 4.14. The third kappa shape index (κ3) is 4.60. The highest BCUT2D eigenvalue weighted by atomic mass is 15.2. The van der Waals surface area contributed by atoms with Crippen molar-refractivity contribution in [1.29, 1.82) is 0 Å². The van der Waals surface area contributed by atoms with Crippen LogP contribution in [-0.4, -0.2) is 44.2 Å². The van der Waals surface area contributed by atoms with Crippen LogP contribution in [0, 0.1) is 13.8 Å². The molecule has 1 aromatic carbocycles. The molecule has 1 aliphatic heterocycles. The smallest absolute Gasteiger partial charge is 0.0207 e. The van der Waals surface area contributed by atoms with Crippen LogP contribution in [-0.2, 0) is 6.54 Å². The summed E-state index contributed by atoms with van der Waals surface area (Å²) in [6, 6.07) is 7.37. The first-order valence-electron chi connectivity index (χ1n) is 7.34. The molecular weight excluding hydrogens is 234 g/mol. The van der Waals surface area contributed by atoms with E-state index in [-0.39, 0.29) is 0 Å². The molecule has 0 radical (unpaired) electrons. The third-order valence-electron chi connectivity index (χ3n) is 4.03. The maximum Gasteiger partial charge on any atom is 0.0207 e. The van der Waals surface area contributed by atoms with Crippen LogP contribution in [0.2, 0.25) is 0 Å². The number of hydrogen-bond donors (Lipinski definition) is 2. The van der Waals surface area contributed by atoms with Crippen molar-refractivity contribution in [2.45, 2.75) is 32.9 Å². The van der Waals surface area contributed by atoms with Gasteiger partial charge in [0.15, 0.2) is 0 Å². The Morgan fingerprint density at radius 1 is 1.32 bits per heavy atom. The van der Waals surface area contributed by atoms with Gasteiger partial charge in [-0.1, -0.05) is 18.2 Å². The molecule has 1 atom stereocenters. The maximum atomic E-state index is 3.58. The van der Waals surface area contributed by atoms with E-state index < -0.39 is 0 Å². The Labute approximate surface area is 117 Å². The van der Waals surface area contributed by atoms with Crippen LogP contribution in [0.25, 0.3) is 0 Å². The van der Waals surface area contributed by atoms with Crippen LogP contribution in [0.15, 0.2) is 18.2 Å². The lowest BCUT2D eigenvalue weighted by atomic mass is 10.1. The van der Waals surface area contributed by atoms with E-state index in [2.05, 4.69) is 54.6 Å². The van der Waals surface area contributed by atoms with Gasteiger partial charge in [0.25, 0.3) is 0 Å². The monoisotopic (exact) mass is 261 g/mol. The normalized spacial score (nSPS) is 20.7. The van der Waals surface area contributed by atoms with Gasteiger partial charge in [-0.25, -0.2) is 0 Å². The SMILES string of the molecule is Cc1ccc(CNCCC2CN(C)CCN2)cc1C. The Morgan fingerprint density at radius 3 is 2.89 bits per heavy atom. The molecule has 0 aromatic heterocycles. The minimum absolute atomic E-state index is 0.644. The van der Waals surface area contributed by atoms with Crippen molar-refractivity contribution in [2.75, 3.05) is 33.2 Å². The highest BCUT2D eigenvalue weighted by molar-refractivity contribution is 5.29. The number of benzene rings is 1. The predicted octanol–water partition coefficient (Wildman–Crippen LogP) is 1.69. The van der Waals surface area contributed by atoms with Crippen LogP contribution >= 0.6 is 0 Å². The summed E-state index contributed by atoms with van der Waals surface area (Å²) in [6.07, 6.45) is 1.20. The largest absolute Gasteiger partial charge is 0.313 e. The second-order valence-corrected chi connectivity index (χ2v) is 5.80. The minimum Gasteiger partial charge on any atom is -0.313 e. The molecule has 2 N–H and O–H groups in total. The van der Waals surface area contributed by atoms with Gasteiger partial charge in [0, 0.05) is 32.2 Å². The Kier molecular flexibility index (Phi) is 5.37. The summed E-state index contributed by atoms with van der Waals surface area (Å²) in [5, 5.41) is 7.14. The summed E-state index contributed by atoms with van der Waals surface area (Å²) < 4.78 is 0. The molecule has 2 rings (SSSR count). The lowest BCUT2D eigenvalue weighted by Gasteiger charge is -2.30. The molecule has 0 amide bonds. The van der Waals surface area contributed by atoms with Gasteiger partial charge in [0.1, 0.15) is 0 Å². The van der Waals surface area contributed by atoms with Crippen LogP contribution in [0.5, 0.6) is 0 Å². The van der Waals surface area contributed by atoms with Crippen molar-refractivity contribution >= 4 is 0 Å². The Bertz CT molecular complexity index is 403. The van der Waals surface area contributed by atoms with Crippen LogP contribution in [0.1, 0.15) is 23.1 Å². The lowest BCUT2D eigenvalue weighted by molar-refractivity contribution is 0.231. The molecule has 0 saturated carbocycles. The molecule has 1 heterocycles. The van der Waals surface area contributed by atoms with E-state index in [0.717, 1.165) is 19.6 Å². The summed E-state index contributed by atoms with van der Waals surface area (Å²) in [7, 11) is 2.20. The van der Waals surface area contributed by atoms with Gasteiger partial charge in [-0.15, -0.1) is 0 Å². The molecule has 0 bridgehead atoms. The molecule has 3 nitrogen and oxygen atoms in total. The van der Waals surface area contributed by atoms with Gasteiger partial charge in [-0.05, 0) is 50.6 Å². The van der Waals surface area contributed by atoms with E-state index in [0.29, 0.717) is 6.04 Å². The number of likely N-dealkylation sites (N-methyl/N-ethyl adjacent to an activating group) is 1. The van der Waals surface area contributed by atoms with E-state index in [1.807, 2.05) is 0 Å². The molecule has 3 heteroatoms.